The molecule has 134 valence electrons. The largest absolute Gasteiger partial charge is 0.360 e. The zero-order valence-electron chi connectivity index (χ0n) is 14.5. The van der Waals surface area contributed by atoms with Crippen molar-refractivity contribution in [3.63, 3.8) is 0 Å². The summed E-state index contributed by atoms with van der Waals surface area (Å²) in [6, 6.07) is 9.95. The van der Waals surface area contributed by atoms with Gasteiger partial charge in [0, 0.05) is 43.3 Å². The number of carbonyl (C=O) groups excluding carboxylic acids is 1. The van der Waals surface area contributed by atoms with Crippen LogP contribution in [0.1, 0.15) is 24.3 Å². The topological polar surface area (TPSA) is 61.6 Å². The number of amides is 1. The molecule has 1 aromatic heterocycles. The Morgan fingerprint density at radius 2 is 2.04 bits per heavy atom. The Balaban J connectivity index is 1.48. The van der Waals surface area contributed by atoms with Crippen LogP contribution < -0.4 is 5.32 Å². The Kier molecular flexibility index (Phi) is 5.73. The lowest BCUT2D eigenvalue weighted by Gasteiger charge is -2.38. The third-order valence-electron chi connectivity index (χ3n) is 4.57. The highest BCUT2D eigenvalue weighted by Crippen LogP contribution is 2.27. The molecule has 1 aliphatic heterocycles. The summed E-state index contributed by atoms with van der Waals surface area (Å²) in [5.41, 5.74) is 1.15. The second kappa shape index (κ2) is 7.99. The van der Waals surface area contributed by atoms with Crippen LogP contribution in [-0.2, 0) is 4.79 Å². The maximum Gasteiger partial charge on any atom is 0.239 e. The summed E-state index contributed by atoms with van der Waals surface area (Å²) < 4.78 is 4.95. The molecule has 1 N–H and O–H groups in total. The van der Waals surface area contributed by atoms with E-state index in [4.69, 9.17) is 16.1 Å². The highest BCUT2D eigenvalue weighted by molar-refractivity contribution is 6.31. The molecule has 0 saturated carbocycles. The monoisotopic (exact) mass is 362 g/mol. The van der Waals surface area contributed by atoms with E-state index in [0.29, 0.717) is 18.1 Å². The van der Waals surface area contributed by atoms with Gasteiger partial charge < -0.3 is 9.84 Å². The number of nitrogens with one attached hydrogen (secondary N) is 1. The maximum atomic E-state index is 12.1. The number of aryl methyl sites for hydroxylation is 1. The quantitative estimate of drug-likeness (QED) is 0.886. The standard InChI is InChI=1S/C18H23ClN4O2/c1-13-11-17(21-25-13)20-18(24)12-22-7-9-23(10-8-22)14(2)15-5-3-4-6-16(15)19/h3-6,11,14H,7-10,12H2,1-2H3,(H,20,21,24). The van der Waals surface area contributed by atoms with Crippen molar-refractivity contribution in [2.45, 2.75) is 19.9 Å². The van der Waals surface area contributed by atoms with Crippen molar-refractivity contribution in [1.82, 2.24) is 15.0 Å². The van der Waals surface area contributed by atoms with Crippen molar-refractivity contribution >= 4 is 23.3 Å². The predicted molar refractivity (Wildman–Crippen MR) is 97.7 cm³/mol. The van der Waals surface area contributed by atoms with Gasteiger partial charge in [-0.3, -0.25) is 14.6 Å². The Hall–Kier alpha value is -1.89. The molecule has 1 aromatic carbocycles. The fraction of sp³-hybridized carbons (Fsp3) is 0.444. The van der Waals surface area contributed by atoms with Gasteiger partial charge in [-0.15, -0.1) is 0 Å². The van der Waals surface area contributed by atoms with E-state index < -0.39 is 0 Å². The van der Waals surface area contributed by atoms with Crippen molar-refractivity contribution in [3.8, 4) is 0 Å². The van der Waals surface area contributed by atoms with Gasteiger partial charge in [0.05, 0.1) is 6.54 Å². The average Bonchev–Trinajstić information content (AvgIpc) is 3.00. The Morgan fingerprint density at radius 3 is 2.68 bits per heavy atom. The van der Waals surface area contributed by atoms with Gasteiger partial charge in [0.15, 0.2) is 5.82 Å². The predicted octanol–water partition coefficient (Wildman–Crippen LogP) is 2.95. The fourth-order valence-corrected chi connectivity index (χ4v) is 3.42. The lowest BCUT2D eigenvalue weighted by atomic mass is 10.1. The van der Waals surface area contributed by atoms with E-state index in [1.807, 2.05) is 18.2 Å². The Labute approximate surface area is 152 Å². The second-order valence-corrected chi connectivity index (χ2v) is 6.79. The molecule has 25 heavy (non-hydrogen) atoms. The lowest BCUT2D eigenvalue weighted by molar-refractivity contribution is -0.117. The number of hydrogen-bond donors (Lipinski definition) is 1. The molecule has 1 fully saturated rings. The summed E-state index contributed by atoms with van der Waals surface area (Å²) in [4.78, 5) is 16.7. The summed E-state index contributed by atoms with van der Waals surface area (Å²) in [6.07, 6.45) is 0. The van der Waals surface area contributed by atoms with Crippen LogP contribution in [0.25, 0.3) is 0 Å². The molecule has 1 amide bonds. The summed E-state index contributed by atoms with van der Waals surface area (Å²) in [7, 11) is 0. The number of anilines is 1. The maximum absolute atomic E-state index is 12.1. The minimum Gasteiger partial charge on any atom is -0.360 e. The van der Waals surface area contributed by atoms with Gasteiger partial charge in [0.25, 0.3) is 0 Å². The van der Waals surface area contributed by atoms with Gasteiger partial charge in [0.1, 0.15) is 5.76 Å². The van der Waals surface area contributed by atoms with E-state index >= 15 is 0 Å². The summed E-state index contributed by atoms with van der Waals surface area (Å²) in [5.74, 6) is 1.08. The molecule has 2 heterocycles. The highest BCUT2D eigenvalue weighted by Gasteiger charge is 2.24. The van der Waals surface area contributed by atoms with Gasteiger partial charge >= 0.3 is 0 Å². The van der Waals surface area contributed by atoms with Crippen LogP contribution in [0.4, 0.5) is 5.82 Å². The number of halogens is 1. The molecule has 3 rings (SSSR count). The smallest absolute Gasteiger partial charge is 0.239 e. The number of piperazine rings is 1. The van der Waals surface area contributed by atoms with Crippen molar-refractivity contribution in [2.24, 2.45) is 0 Å². The zero-order chi connectivity index (χ0) is 17.8. The number of rotatable bonds is 5. The van der Waals surface area contributed by atoms with Gasteiger partial charge in [-0.25, -0.2) is 0 Å². The summed E-state index contributed by atoms with van der Waals surface area (Å²) >= 11 is 6.31. The normalized spacial score (nSPS) is 17.4. The molecular weight excluding hydrogens is 340 g/mol. The minimum atomic E-state index is -0.0686. The number of carbonyl (C=O) groups is 1. The third-order valence-corrected chi connectivity index (χ3v) is 4.92. The first kappa shape index (κ1) is 17.9. The number of aromatic nitrogens is 1. The summed E-state index contributed by atoms with van der Waals surface area (Å²) in [6.45, 7) is 7.84. The average molecular weight is 363 g/mol. The SMILES string of the molecule is Cc1cc(NC(=O)CN2CCN(C(C)c3ccccc3Cl)CC2)no1. The fourth-order valence-electron chi connectivity index (χ4n) is 3.13. The molecular formula is C18H23ClN4O2. The van der Waals surface area contributed by atoms with Gasteiger partial charge in [-0.1, -0.05) is 35.0 Å². The molecule has 2 aromatic rings. The molecule has 1 atom stereocenters. The second-order valence-electron chi connectivity index (χ2n) is 6.38. The summed E-state index contributed by atoms with van der Waals surface area (Å²) in [5, 5.41) is 7.35. The number of nitrogens with zero attached hydrogens (tertiary/aromatic N) is 3. The van der Waals surface area contributed by atoms with Crippen LogP contribution in [0.3, 0.4) is 0 Å². The van der Waals surface area contributed by atoms with Crippen molar-refractivity contribution in [1.29, 1.82) is 0 Å². The first-order valence-corrected chi connectivity index (χ1v) is 8.84. The van der Waals surface area contributed by atoms with E-state index in [2.05, 4.69) is 33.3 Å². The Bertz CT molecular complexity index is 725. The molecule has 0 bridgehead atoms. The van der Waals surface area contributed by atoms with Crippen LogP contribution in [0, 0.1) is 6.92 Å². The van der Waals surface area contributed by atoms with Crippen LogP contribution >= 0.6 is 11.6 Å². The number of hydrogen-bond acceptors (Lipinski definition) is 5. The van der Waals surface area contributed by atoms with Crippen molar-refractivity contribution < 1.29 is 9.32 Å². The van der Waals surface area contributed by atoms with E-state index in [9.17, 15) is 4.79 Å². The number of benzene rings is 1. The Morgan fingerprint density at radius 1 is 1.32 bits per heavy atom. The third kappa shape index (κ3) is 4.60. The van der Waals surface area contributed by atoms with Crippen molar-refractivity contribution in [3.05, 3.63) is 46.7 Å². The molecule has 6 nitrogen and oxygen atoms in total. The first-order valence-electron chi connectivity index (χ1n) is 8.47. The van der Waals surface area contributed by atoms with Gasteiger partial charge in [-0.2, -0.15) is 0 Å². The van der Waals surface area contributed by atoms with Gasteiger partial charge in [0.2, 0.25) is 5.91 Å². The van der Waals surface area contributed by atoms with E-state index in [1.54, 1.807) is 13.0 Å². The van der Waals surface area contributed by atoms with E-state index in [1.165, 1.54) is 0 Å². The van der Waals surface area contributed by atoms with Crippen LogP contribution in [0.2, 0.25) is 5.02 Å². The van der Waals surface area contributed by atoms with E-state index in [-0.39, 0.29) is 11.9 Å². The molecule has 0 spiro atoms. The van der Waals surface area contributed by atoms with E-state index in [0.717, 1.165) is 36.8 Å². The van der Waals surface area contributed by atoms with Crippen LogP contribution in [0.15, 0.2) is 34.9 Å². The molecule has 1 unspecified atom stereocenters. The zero-order valence-corrected chi connectivity index (χ0v) is 15.3. The minimum absolute atomic E-state index is 0.0686. The van der Waals surface area contributed by atoms with Gasteiger partial charge in [-0.05, 0) is 25.5 Å². The first-order chi connectivity index (χ1) is 12.0. The molecule has 7 heteroatoms. The highest BCUT2D eigenvalue weighted by atomic mass is 35.5. The lowest BCUT2D eigenvalue weighted by Crippen LogP contribution is -2.49. The molecule has 0 aliphatic carbocycles. The van der Waals surface area contributed by atoms with Crippen molar-refractivity contribution in [2.75, 3.05) is 38.0 Å². The van der Waals surface area contributed by atoms with Crippen LogP contribution in [0.5, 0.6) is 0 Å². The molecule has 1 aliphatic rings. The van der Waals surface area contributed by atoms with Crippen LogP contribution in [-0.4, -0.2) is 53.6 Å². The molecule has 0 radical (unpaired) electrons. The molecule has 1 saturated heterocycles.